The smallest absolute Gasteiger partial charge is 0.878 e. The van der Waals surface area contributed by atoms with E-state index in [9.17, 15) is 9.90 Å². The molecule has 0 atom stereocenters. The zero-order chi connectivity index (χ0) is 8.10. The molecule has 0 aliphatic heterocycles. The van der Waals surface area contributed by atoms with Gasteiger partial charge in [0.1, 0.15) is 5.69 Å². The maximum Gasteiger partial charge on any atom is 1.00 e. The van der Waals surface area contributed by atoms with Gasteiger partial charge in [0.25, 0.3) is 0 Å². The summed E-state index contributed by atoms with van der Waals surface area (Å²) in [6, 6.07) is 4.96. The Hall–Kier alpha value is -0.640. The van der Waals surface area contributed by atoms with Gasteiger partial charge in [-0.2, -0.15) is 0 Å². The van der Waals surface area contributed by atoms with Crippen molar-refractivity contribution in [3.05, 3.63) is 42.4 Å². The van der Waals surface area contributed by atoms with Crippen LogP contribution in [-0.4, -0.2) is 10.8 Å². The molecular formula is C8H6NNaO2. The van der Waals surface area contributed by atoms with Crippen LogP contribution >= 0.6 is 0 Å². The van der Waals surface area contributed by atoms with Crippen molar-refractivity contribution in [2.24, 2.45) is 0 Å². The quantitative estimate of drug-likeness (QED) is 0.208. The topological polar surface area (TPSA) is 53.0 Å². The minimum absolute atomic E-state index is 0. The first-order valence-electron chi connectivity index (χ1n) is 3.08. The average Bonchev–Trinajstić information content (AvgIpc) is 2.07. The van der Waals surface area contributed by atoms with Gasteiger partial charge in [-0.25, -0.2) is 0 Å². The number of pyridine rings is 1. The van der Waals surface area contributed by atoms with Crippen LogP contribution in [0.3, 0.4) is 0 Å². The number of ketones is 1. The second kappa shape index (κ2) is 5.94. The Morgan fingerprint density at radius 2 is 2.25 bits per heavy atom. The van der Waals surface area contributed by atoms with Crippen molar-refractivity contribution in [2.45, 2.75) is 0 Å². The van der Waals surface area contributed by atoms with Gasteiger partial charge in [-0.1, -0.05) is 6.07 Å². The normalized spacial score (nSPS) is 9.33. The summed E-state index contributed by atoms with van der Waals surface area (Å²) in [5, 5.41) is 9.88. The first-order valence-corrected chi connectivity index (χ1v) is 3.08. The number of aromatic nitrogens is 1. The first-order chi connectivity index (χ1) is 5.34. The standard InChI is InChI=1S/C8H7NO2.Na/c10-6-4-8(11)7-3-1-2-5-9-7;/h1-6,10H;/q;+1/p-1. The molecule has 0 aliphatic rings. The van der Waals surface area contributed by atoms with E-state index in [2.05, 4.69) is 4.98 Å². The van der Waals surface area contributed by atoms with Gasteiger partial charge in [-0.3, -0.25) is 9.78 Å². The Bertz CT molecular complexity index is 272. The van der Waals surface area contributed by atoms with Gasteiger partial charge in [0, 0.05) is 6.20 Å². The molecule has 3 nitrogen and oxygen atoms in total. The van der Waals surface area contributed by atoms with Crippen LogP contribution < -0.4 is 34.7 Å². The van der Waals surface area contributed by atoms with Gasteiger partial charge in [0.2, 0.25) is 5.78 Å². The molecular weight excluding hydrogens is 165 g/mol. The maximum atomic E-state index is 10.9. The molecule has 0 saturated heterocycles. The van der Waals surface area contributed by atoms with Crippen LogP contribution in [0.5, 0.6) is 0 Å². The number of carbonyl (C=O) groups excluding carboxylic acids is 1. The zero-order valence-corrected chi connectivity index (χ0v) is 8.73. The monoisotopic (exact) mass is 171 g/mol. The first kappa shape index (κ1) is 11.4. The predicted molar refractivity (Wildman–Crippen MR) is 37.7 cm³/mol. The maximum absolute atomic E-state index is 10.9. The third-order valence-electron chi connectivity index (χ3n) is 1.14. The van der Waals surface area contributed by atoms with Gasteiger partial charge in [0.05, 0.1) is 0 Å². The van der Waals surface area contributed by atoms with Crippen molar-refractivity contribution in [3.8, 4) is 0 Å². The van der Waals surface area contributed by atoms with Crippen LogP contribution in [0, 0.1) is 0 Å². The van der Waals surface area contributed by atoms with Crippen LogP contribution in [0.25, 0.3) is 0 Å². The molecule has 0 N–H and O–H groups in total. The van der Waals surface area contributed by atoms with Gasteiger partial charge < -0.3 is 5.11 Å². The van der Waals surface area contributed by atoms with Crippen LogP contribution in [0.4, 0.5) is 0 Å². The van der Waals surface area contributed by atoms with E-state index in [1.807, 2.05) is 0 Å². The Kier molecular flexibility index (Phi) is 5.62. The summed E-state index contributed by atoms with van der Waals surface area (Å²) in [5.41, 5.74) is 0.291. The van der Waals surface area contributed by atoms with Gasteiger partial charge in [-0.15, -0.1) is 6.26 Å². The van der Waals surface area contributed by atoms with Gasteiger partial charge >= 0.3 is 29.6 Å². The molecule has 1 heterocycles. The molecule has 12 heavy (non-hydrogen) atoms. The summed E-state index contributed by atoms with van der Waals surface area (Å²) in [5.74, 6) is -0.361. The molecule has 4 heteroatoms. The molecule has 1 rings (SSSR count). The minimum atomic E-state index is -0.361. The number of allylic oxidation sites excluding steroid dienone is 1. The predicted octanol–water partition coefficient (Wildman–Crippen LogP) is -2.86. The molecule has 0 aromatic carbocycles. The molecule has 0 unspecified atom stereocenters. The fourth-order valence-electron chi connectivity index (χ4n) is 0.656. The molecule has 0 bridgehead atoms. The van der Waals surface area contributed by atoms with E-state index in [1.165, 1.54) is 6.20 Å². The van der Waals surface area contributed by atoms with Gasteiger partial charge in [0.15, 0.2) is 0 Å². The van der Waals surface area contributed by atoms with E-state index in [1.54, 1.807) is 18.2 Å². The van der Waals surface area contributed by atoms with E-state index >= 15 is 0 Å². The van der Waals surface area contributed by atoms with Crippen molar-refractivity contribution in [2.75, 3.05) is 0 Å². The molecule has 0 spiro atoms. The van der Waals surface area contributed by atoms with Crippen molar-refractivity contribution in [3.63, 3.8) is 0 Å². The number of hydrogen-bond acceptors (Lipinski definition) is 3. The second-order valence-corrected chi connectivity index (χ2v) is 1.88. The second-order valence-electron chi connectivity index (χ2n) is 1.88. The Labute approximate surface area is 92.4 Å². The van der Waals surface area contributed by atoms with Crippen LogP contribution in [0.15, 0.2) is 36.7 Å². The number of rotatable bonds is 2. The molecule has 0 fully saturated rings. The van der Waals surface area contributed by atoms with E-state index in [0.29, 0.717) is 12.0 Å². The van der Waals surface area contributed by atoms with Crippen molar-refractivity contribution in [1.29, 1.82) is 0 Å². The largest absolute Gasteiger partial charge is 1.00 e. The number of nitrogens with zero attached hydrogens (tertiary/aromatic N) is 1. The van der Waals surface area contributed by atoms with Gasteiger partial charge in [-0.05, 0) is 18.2 Å². The Morgan fingerprint density at radius 1 is 1.50 bits per heavy atom. The Balaban J connectivity index is 0.00000121. The summed E-state index contributed by atoms with van der Waals surface area (Å²) in [6.07, 6.45) is 2.91. The van der Waals surface area contributed by atoms with E-state index in [-0.39, 0.29) is 35.3 Å². The van der Waals surface area contributed by atoms with Crippen LogP contribution in [0.1, 0.15) is 10.5 Å². The average molecular weight is 171 g/mol. The number of hydrogen-bond donors (Lipinski definition) is 0. The molecule has 1 aromatic heterocycles. The SMILES string of the molecule is O=C(C=C[O-])c1ccccn1.[Na+]. The summed E-state index contributed by atoms with van der Waals surface area (Å²) in [7, 11) is 0. The molecule has 1 aromatic rings. The molecule has 0 aliphatic carbocycles. The fourth-order valence-corrected chi connectivity index (χ4v) is 0.656. The van der Waals surface area contributed by atoms with Crippen molar-refractivity contribution in [1.82, 2.24) is 4.98 Å². The van der Waals surface area contributed by atoms with E-state index in [0.717, 1.165) is 6.08 Å². The van der Waals surface area contributed by atoms with Crippen LogP contribution in [-0.2, 0) is 0 Å². The summed E-state index contributed by atoms with van der Waals surface area (Å²) < 4.78 is 0. The minimum Gasteiger partial charge on any atom is -0.878 e. The number of carbonyl (C=O) groups is 1. The summed E-state index contributed by atoms with van der Waals surface area (Å²) in [4.78, 5) is 14.7. The summed E-state index contributed by atoms with van der Waals surface area (Å²) in [6.45, 7) is 0. The van der Waals surface area contributed by atoms with E-state index < -0.39 is 0 Å². The molecule has 0 radical (unpaired) electrons. The Morgan fingerprint density at radius 3 is 2.75 bits per heavy atom. The molecule has 0 saturated carbocycles. The zero-order valence-electron chi connectivity index (χ0n) is 6.73. The molecule has 0 amide bonds. The molecule has 56 valence electrons. The van der Waals surface area contributed by atoms with Crippen LogP contribution in [0.2, 0.25) is 0 Å². The third-order valence-corrected chi connectivity index (χ3v) is 1.14. The third kappa shape index (κ3) is 3.17. The van der Waals surface area contributed by atoms with Crippen molar-refractivity contribution >= 4 is 5.78 Å². The summed E-state index contributed by atoms with van der Waals surface area (Å²) >= 11 is 0. The van der Waals surface area contributed by atoms with E-state index in [4.69, 9.17) is 0 Å². The van der Waals surface area contributed by atoms with Crippen molar-refractivity contribution < 1.29 is 39.5 Å². The fraction of sp³-hybridized carbons (Fsp3) is 0.